The van der Waals surface area contributed by atoms with Crippen molar-refractivity contribution in [3.05, 3.63) is 36.4 Å². The van der Waals surface area contributed by atoms with Crippen LogP contribution < -0.4 is 10.0 Å². The average molecular weight is 282 g/mol. The molecule has 0 aliphatic rings. The first-order valence-corrected chi connectivity index (χ1v) is 7.80. The molecule has 4 nitrogen and oxygen atoms in total. The fourth-order valence-corrected chi connectivity index (χ4v) is 2.50. The molecule has 1 rings (SSSR count). The van der Waals surface area contributed by atoms with Crippen LogP contribution in [0.2, 0.25) is 0 Å². The molecule has 0 aliphatic heterocycles. The summed E-state index contributed by atoms with van der Waals surface area (Å²) < 4.78 is 25.9. The van der Waals surface area contributed by atoms with Gasteiger partial charge < -0.3 is 5.32 Å². The third-order valence-corrected chi connectivity index (χ3v) is 4.41. The van der Waals surface area contributed by atoms with Crippen molar-refractivity contribution in [2.24, 2.45) is 0 Å². The van der Waals surface area contributed by atoms with Crippen LogP contribution in [0.15, 0.2) is 35.7 Å². The van der Waals surface area contributed by atoms with Gasteiger partial charge in [0, 0.05) is 11.7 Å². The van der Waals surface area contributed by atoms with Gasteiger partial charge in [-0.25, -0.2) is 13.1 Å². The molecule has 0 spiro atoms. The topological polar surface area (TPSA) is 58.2 Å². The number of aryl methyl sites for hydroxylation is 1. The first kappa shape index (κ1) is 15.7. The molecule has 0 fully saturated rings. The molecule has 5 heteroatoms. The minimum Gasteiger partial charge on any atom is -0.382 e. The lowest BCUT2D eigenvalue weighted by Crippen LogP contribution is -2.20. The summed E-state index contributed by atoms with van der Waals surface area (Å²) in [7, 11) is -1.98. The summed E-state index contributed by atoms with van der Waals surface area (Å²) in [5.41, 5.74) is 1.88. The Morgan fingerprint density at radius 2 is 2.11 bits per heavy atom. The quantitative estimate of drug-likeness (QED) is 0.756. The fourth-order valence-electron chi connectivity index (χ4n) is 1.75. The van der Waals surface area contributed by atoms with Crippen molar-refractivity contribution in [1.29, 1.82) is 0 Å². The van der Waals surface area contributed by atoms with Crippen molar-refractivity contribution in [2.75, 3.05) is 12.4 Å². The second-order valence-corrected chi connectivity index (χ2v) is 6.48. The highest BCUT2D eigenvalue weighted by Gasteiger charge is 2.13. The largest absolute Gasteiger partial charge is 0.382 e. The summed E-state index contributed by atoms with van der Waals surface area (Å²) in [5.74, 6) is 0. The predicted octanol–water partition coefficient (Wildman–Crippen LogP) is 2.67. The van der Waals surface area contributed by atoms with Gasteiger partial charge in [0.15, 0.2) is 0 Å². The Morgan fingerprint density at radius 3 is 2.68 bits per heavy atom. The van der Waals surface area contributed by atoms with Gasteiger partial charge in [0.05, 0.1) is 4.90 Å². The van der Waals surface area contributed by atoms with Gasteiger partial charge in [0.2, 0.25) is 10.0 Å². The Hall–Kier alpha value is -1.33. The van der Waals surface area contributed by atoms with Crippen molar-refractivity contribution >= 4 is 15.7 Å². The SMILES string of the molecule is C=CCCC(C)Nc1cc(S(=O)(=O)NC)ccc1C. The molecule has 0 aromatic heterocycles. The number of allylic oxidation sites excluding steroid dienone is 1. The predicted molar refractivity (Wildman–Crippen MR) is 79.9 cm³/mol. The maximum Gasteiger partial charge on any atom is 0.240 e. The fraction of sp³-hybridized carbons (Fsp3) is 0.429. The summed E-state index contributed by atoms with van der Waals surface area (Å²) in [6.45, 7) is 7.73. The Kier molecular flexibility index (Phi) is 5.57. The van der Waals surface area contributed by atoms with Crippen LogP contribution >= 0.6 is 0 Å². The Balaban J connectivity index is 2.95. The van der Waals surface area contributed by atoms with Gasteiger partial charge in [-0.2, -0.15) is 0 Å². The first-order valence-electron chi connectivity index (χ1n) is 6.32. The zero-order valence-electron chi connectivity index (χ0n) is 11.7. The molecule has 1 aromatic rings. The van der Waals surface area contributed by atoms with Crippen molar-refractivity contribution in [3.63, 3.8) is 0 Å². The van der Waals surface area contributed by atoms with E-state index < -0.39 is 10.0 Å². The van der Waals surface area contributed by atoms with Crippen LogP contribution in [0.25, 0.3) is 0 Å². The molecule has 0 saturated carbocycles. The summed E-state index contributed by atoms with van der Waals surface area (Å²) in [6, 6.07) is 5.36. The molecule has 19 heavy (non-hydrogen) atoms. The van der Waals surface area contributed by atoms with Crippen LogP contribution in [0.5, 0.6) is 0 Å². The zero-order chi connectivity index (χ0) is 14.5. The van der Waals surface area contributed by atoms with Crippen LogP contribution in [-0.2, 0) is 10.0 Å². The lowest BCUT2D eigenvalue weighted by atomic mass is 10.1. The number of hydrogen-bond donors (Lipinski definition) is 2. The molecule has 0 amide bonds. The van der Waals surface area contributed by atoms with Gasteiger partial charge in [0.25, 0.3) is 0 Å². The highest BCUT2D eigenvalue weighted by atomic mass is 32.2. The van der Waals surface area contributed by atoms with Gasteiger partial charge in [0.1, 0.15) is 0 Å². The molecular formula is C14H22N2O2S. The smallest absolute Gasteiger partial charge is 0.240 e. The molecule has 0 radical (unpaired) electrons. The monoisotopic (exact) mass is 282 g/mol. The van der Waals surface area contributed by atoms with Gasteiger partial charge >= 0.3 is 0 Å². The minimum absolute atomic E-state index is 0.268. The molecular weight excluding hydrogens is 260 g/mol. The molecule has 0 aliphatic carbocycles. The van der Waals surface area contributed by atoms with Crippen LogP contribution in [0.3, 0.4) is 0 Å². The van der Waals surface area contributed by atoms with Crippen molar-refractivity contribution in [3.8, 4) is 0 Å². The lowest BCUT2D eigenvalue weighted by molar-refractivity contribution is 0.588. The van der Waals surface area contributed by atoms with Gasteiger partial charge in [-0.1, -0.05) is 12.1 Å². The van der Waals surface area contributed by atoms with E-state index in [1.807, 2.05) is 19.1 Å². The third-order valence-electron chi connectivity index (χ3n) is 2.99. The number of anilines is 1. The molecule has 1 unspecified atom stereocenters. The molecule has 0 bridgehead atoms. The van der Waals surface area contributed by atoms with Crippen LogP contribution in [0, 0.1) is 6.92 Å². The zero-order valence-corrected chi connectivity index (χ0v) is 12.5. The summed E-state index contributed by atoms with van der Waals surface area (Å²) >= 11 is 0. The summed E-state index contributed by atoms with van der Waals surface area (Å²) in [6.07, 6.45) is 3.78. The van der Waals surface area contributed by atoms with Crippen LogP contribution in [0.1, 0.15) is 25.3 Å². The average Bonchev–Trinajstić information content (AvgIpc) is 2.38. The Labute approximate surface area is 116 Å². The van der Waals surface area contributed by atoms with Gasteiger partial charge in [-0.05, 0) is 51.4 Å². The number of sulfonamides is 1. The van der Waals surface area contributed by atoms with Crippen LogP contribution in [-0.4, -0.2) is 21.5 Å². The first-order chi connectivity index (χ1) is 8.90. The standard InChI is InChI=1S/C14H22N2O2S/c1-5-6-7-12(3)16-14-10-13(9-8-11(14)2)19(17,18)15-4/h5,8-10,12,15-16H,1,6-7H2,2-4H3. The summed E-state index contributed by atoms with van der Waals surface area (Å²) in [5, 5.41) is 3.34. The van der Waals surface area contributed by atoms with Crippen molar-refractivity contribution < 1.29 is 8.42 Å². The van der Waals surface area contributed by atoms with E-state index in [1.54, 1.807) is 12.1 Å². The minimum atomic E-state index is -3.40. The van der Waals surface area contributed by atoms with Gasteiger partial charge in [-0.15, -0.1) is 6.58 Å². The number of hydrogen-bond acceptors (Lipinski definition) is 3. The maximum atomic E-state index is 11.8. The Morgan fingerprint density at radius 1 is 1.42 bits per heavy atom. The number of rotatable bonds is 7. The molecule has 0 heterocycles. The van der Waals surface area contributed by atoms with E-state index in [-0.39, 0.29) is 10.9 Å². The second kappa shape index (κ2) is 6.73. The van der Waals surface area contributed by atoms with E-state index in [9.17, 15) is 8.42 Å². The van der Waals surface area contributed by atoms with Crippen LogP contribution in [0.4, 0.5) is 5.69 Å². The Bertz CT molecular complexity index is 538. The lowest BCUT2D eigenvalue weighted by Gasteiger charge is -2.17. The highest BCUT2D eigenvalue weighted by molar-refractivity contribution is 7.89. The molecule has 0 saturated heterocycles. The van der Waals surface area contributed by atoms with E-state index >= 15 is 0 Å². The molecule has 1 aromatic carbocycles. The van der Waals surface area contributed by atoms with Crippen molar-refractivity contribution in [1.82, 2.24) is 4.72 Å². The highest BCUT2D eigenvalue weighted by Crippen LogP contribution is 2.21. The second-order valence-electron chi connectivity index (χ2n) is 4.60. The molecule has 106 valence electrons. The van der Waals surface area contributed by atoms with E-state index in [4.69, 9.17) is 0 Å². The molecule has 1 atom stereocenters. The normalized spacial score (nSPS) is 13.0. The third kappa shape index (κ3) is 4.36. The number of nitrogens with one attached hydrogen (secondary N) is 2. The van der Waals surface area contributed by atoms with E-state index in [2.05, 4.69) is 23.5 Å². The maximum absolute atomic E-state index is 11.8. The van der Waals surface area contributed by atoms with Crippen molar-refractivity contribution in [2.45, 2.75) is 37.6 Å². The summed E-state index contributed by atoms with van der Waals surface area (Å²) in [4.78, 5) is 0.277. The van der Waals surface area contributed by atoms with Gasteiger partial charge in [-0.3, -0.25) is 0 Å². The van der Waals surface area contributed by atoms with E-state index in [0.717, 1.165) is 24.1 Å². The van der Waals surface area contributed by atoms with E-state index in [0.29, 0.717) is 0 Å². The number of benzene rings is 1. The van der Waals surface area contributed by atoms with E-state index in [1.165, 1.54) is 7.05 Å². The molecule has 2 N–H and O–H groups in total.